The number of hydrogen-bond donors (Lipinski definition) is 2. The largest absolute Gasteiger partial charge is 0.480 e. The monoisotopic (exact) mass is 624 g/mol. The molecule has 0 spiro atoms. The molecule has 2 atom stereocenters. The van der Waals surface area contributed by atoms with Gasteiger partial charge in [0.1, 0.15) is 0 Å². The molecule has 236 valence electrons. The van der Waals surface area contributed by atoms with Gasteiger partial charge >= 0.3 is 23.9 Å². The summed E-state index contributed by atoms with van der Waals surface area (Å²) in [6.45, 7) is 0. The molecule has 4 aliphatic heterocycles. The molecule has 4 saturated heterocycles. The van der Waals surface area contributed by atoms with E-state index in [4.69, 9.17) is 0 Å². The first-order valence-electron chi connectivity index (χ1n) is 12.9. The first-order valence-corrected chi connectivity index (χ1v) is 12.9. The minimum atomic E-state index is -2.13. The molecule has 44 heavy (non-hydrogen) atoms. The lowest BCUT2D eigenvalue weighted by atomic mass is 10.1. The molecular formula is C24H24N4O16. The number of hydroxylamine groups is 4. The van der Waals surface area contributed by atoms with Crippen LogP contribution in [0.2, 0.25) is 0 Å². The van der Waals surface area contributed by atoms with Crippen molar-refractivity contribution < 1.29 is 77.4 Å². The molecule has 4 fully saturated rings. The molecule has 0 saturated carbocycles. The van der Waals surface area contributed by atoms with E-state index in [1.165, 1.54) is 0 Å². The van der Waals surface area contributed by atoms with Crippen molar-refractivity contribution in [1.29, 1.82) is 0 Å². The number of imide groups is 4. The first-order chi connectivity index (χ1) is 20.6. The van der Waals surface area contributed by atoms with Gasteiger partial charge < -0.3 is 19.9 Å². The SMILES string of the molecule is O=C(CCC(=O)ON1C(=O)CCC1=O)ON1C(=O)CCC1=O.O=C(O)C(C(C(=O)O)N1C(=O)CCC1=O)N1C(=O)CCC1=O. The number of carboxylic acids is 2. The highest BCUT2D eigenvalue weighted by atomic mass is 16.7. The lowest BCUT2D eigenvalue weighted by molar-refractivity contribution is -0.201. The lowest BCUT2D eigenvalue weighted by Crippen LogP contribution is -2.61. The van der Waals surface area contributed by atoms with Gasteiger partial charge in [-0.2, -0.15) is 0 Å². The number of likely N-dealkylation sites (tertiary alicyclic amines) is 2. The van der Waals surface area contributed by atoms with Crippen molar-refractivity contribution in [1.82, 2.24) is 19.9 Å². The Morgan fingerprint density at radius 3 is 0.932 bits per heavy atom. The quantitative estimate of drug-likeness (QED) is 0.232. The smallest absolute Gasteiger partial charge is 0.333 e. The highest BCUT2D eigenvalue weighted by Crippen LogP contribution is 2.25. The number of nitrogens with zero attached hydrogens (tertiary/aromatic N) is 4. The summed E-state index contributed by atoms with van der Waals surface area (Å²) in [6.07, 6.45) is -2.03. The van der Waals surface area contributed by atoms with Crippen LogP contribution in [0.5, 0.6) is 0 Å². The third-order valence-corrected chi connectivity index (χ3v) is 6.47. The Morgan fingerprint density at radius 1 is 0.477 bits per heavy atom. The second-order valence-electron chi connectivity index (χ2n) is 9.47. The van der Waals surface area contributed by atoms with Gasteiger partial charge in [0.05, 0.1) is 12.8 Å². The summed E-state index contributed by atoms with van der Waals surface area (Å²) in [4.78, 5) is 147. The maximum atomic E-state index is 11.7. The Hall–Kier alpha value is -5.56. The molecule has 2 unspecified atom stereocenters. The van der Waals surface area contributed by atoms with Gasteiger partial charge in [-0.3, -0.25) is 48.2 Å². The van der Waals surface area contributed by atoms with Gasteiger partial charge in [0.2, 0.25) is 23.6 Å². The first kappa shape index (κ1) is 32.9. The van der Waals surface area contributed by atoms with Crippen molar-refractivity contribution in [3.63, 3.8) is 0 Å². The standard InChI is InChI=1S/2C12H12N2O8/c15-7-1-2-8(16)13(7)21-11(19)5-6-12(20)22-14-9(17)3-4-10(14)18;15-5-1-2-6(16)13(5)9(11(19)20)10(12(21)22)14-7(17)3-4-8(14)18/h1-6H2;9-10H,1-4H2,(H,19,20)(H,21,22). The van der Waals surface area contributed by atoms with Crippen LogP contribution in [-0.4, -0.2) is 113 Å². The fourth-order valence-electron chi connectivity index (χ4n) is 4.40. The number of carboxylic acid groups (broad SMARTS) is 2. The average molecular weight is 624 g/mol. The summed E-state index contributed by atoms with van der Waals surface area (Å²) in [7, 11) is 0. The minimum absolute atomic E-state index is 0.0344. The third kappa shape index (κ3) is 7.25. The van der Waals surface area contributed by atoms with E-state index in [1.54, 1.807) is 0 Å². The van der Waals surface area contributed by atoms with Gasteiger partial charge in [0.25, 0.3) is 23.6 Å². The van der Waals surface area contributed by atoms with Crippen LogP contribution in [-0.2, 0) is 67.2 Å². The second kappa shape index (κ2) is 13.6. The predicted molar refractivity (Wildman–Crippen MR) is 129 cm³/mol. The third-order valence-electron chi connectivity index (χ3n) is 6.47. The number of aliphatic carboxylic acids is 2. The Bertz CT molecular complexity index is 1210. The van der Waals surface area contributed by atoms with Gasteiger partial charge in [-0.15, -0.1) is 10.1 Å². The molecule has 20 nitrogen and oxygen atoms in total. The molecule has 4 heterocycles. The number of carbonyl (C=O) groups excluding carboxylic acids is 10. The molecule has 4 aliphatic rings. The van der Waals surface area contributed by atoms with E-state index in [0.717, 1.165) is 0 Å². The Labute approximate surface area is 245 Å². The maximum absolute atomic E-state index is 11.7. The van der Waals surface area contributed by atoms with E-state index in [9.17, 15) is 67.7 Å². The fraction of sp³-hybridized carbons (Fsp3) is 0.500. The van der Waals surface area contributed by atoms with Crippen LogP contribution in [0.3, 0.4) is 0 Å². The highest BCUT2D eigenvalue weighted by Gasteiger charge is 2.52. The van der Waals surface area contributed by atoms with Gasteiger partial charge in [-0.25, -0.2) is 19.2 Å². The molecule has 0 aromatic carbocycles. The number of rotatable bonds is 10. The molecule has 0 aliphatic carbocycles. The van der Waals surface area contributed by atoms with E-state index in [0.29, 0.717) is 19.9 Å². The van der Waals surface area contributed by atoms with E-state index < -0.39 is 96.1 Å². The molecule has 4 rings (SSSR count). The van der Waals surface area contributed by atoms with Crippen molar-refractivity contribution in [3.8, 4) is 0 Å². The van der Waals surface area contributed by atoms with E-state index in [2.05, 4.69) is 9.68 Å². The summed E-state index contributed by atoms with van der Waals surface area (Å²) in [6, 6.07) is -4.27. The van der Waals surface area contributed by atoms with Crippen LogP contribution in [0.4, 0.5) is 0 Å². The Balaban J connectivity index is 0.000000240. The molecule has 0 bridgehead atoms. The van der Waals surface area contributed by atoms with Gasteiger partial charge in [0, 0.05) is 51.4 Å². The molecule has 0 radical (unpaired) electrons. The number of amides is 8. The summed E-state index contributed by atoms with van der Waals surface area (Å²) in [5.41, 5.74) is 0. The van der Waals surface area contributed by atoms with Crippen LogP contribution in [0.1, 0.15) is 64.2 Å². The molecule has 2 N–H and O–H groups in total. The number of carbonyl (C=O) groups is 12. The van der Waals surface area contributed by atoms with Crippen LogP contribution < -0.4 is 0 Å². The molecule has 0 aromatic heterocycles. The fourth-order valence-corrected chi connectivity index (χ4v) is 4.40. The highest BCUT2D eigenvalue weighted by molar-refractivity contribution is 6.09. The summed E-state index contributed by atoms with van der Waals surface area (Å²) in [5, 5.41) is 19.2. The van der Waals surface area contributed by atoms with E-state index in [-0.39, 0.29) is 51.4 Å². The second-order valence-corrected chi connectivity index (χ2v) is 9.47. The van der Waals surface area contributed by atoms with Crippen LogP contribution in [0.25, 0.3) is 0 Å². The summed E-state index contributed by atoms with van der Waals surface area (Å²) in [5.74, 6) is -11.4. The normalized spacial score (nSPS) is 19.8. The van der Waals surface area contributed by atoms with E-state index >= 15 is 0 Å². The van der Waals surface area contributed by atoms with Crippen LogP contribution >= 0.6 is 0 Å². The van der Waals surface area contributed by atoms with Gasteiger partial charge in [-0.05, 0) is 0 Å². The van der Waals surface area contributed by atoms with Gasteiger partial charge in [-0.1, -0.05) is 0 Å². The predicted octanol–water partition coefficient (Wildman–Crippen LogP) is -2.83. The maximum Gasteiger partial charge on any atom is 0.333 e. The zero-order chi connectivity index (χ0) is 32.9. The van der Waals surface area contributed by atoms with Crippen molar-refractivity contribution >= 4 is 71.1 Å². The Kier molecular flexibility index (Phi) is 10.2. The van der Waals surface area contributed by atoms with Crippen LogP contribution in [0.15, 0.2) is 0 Å². The molecule has 8 amide bonds. The van der Waals surface area contributed by atoms with Crippen LogP contribution in [0, 0.1) is 0 Å². The minimum Gasteiger partial charge on any atom is -0.480 e. The zero-order valence-electron chi connectivity index (χ0n) is 22.6. The lowest BCUT2D eigenvalue weighted by Gasteiger charge is -2.32. The zero-order valence-corrected chi connectivity index (χ0v) is 22.6. The molecule has 20 heteroatoms. The average Bonchev–Trinajstić information content (AvgIpc) is 3.66. The summed E-state index contributed by atoms with van der Waals surface area (Å²) < 4.78 is 0. The molecule has 0 aromatic rings. The van der Waals surface area contributed by atoms with Crippen molar-refractivity contribution in [2.75, 3.05) is 0 Å². The topological polar surface area (TPSA) is 277 Å². The summed E-state index contributed by atoms with van der Waals surface area (Å²) >= 11 is 0. The van der Waals surface area contributed by atoms with Gasteiger partial charge in [0.15, 0.2) is 12.1 Å². The van der Waals surface area contributed by atoms with Crippen molar-refractivity contribution in [2.24, 2.45) is 0 Å². The van der Waals surface area contributed by atoms with E-state index in [1.807, 2.05) is 0 Å². The molecular weight excluding hydrogens is 600 g/mol. The van der Waals surface area contributed by atoms with Crippen molar-refractivity contribution in [2.45, 2.75) is 76.3 Å². The number of hydrogen-bond acceptors (Lipinski definition) is 14. The Morgan fingerprint density at radius 2 is 0.705 bits per heavy atom. The van der Waals surface area contributed by atoms with Crippen molar-refractivity contribution in [3.05, 3.63) is 0 Å².